The molecule has 0 bridgehead atoms. The number of fused-ring (bicyclic) bond motifs is 1. The van der Waals surface area contributed by atoms with E-state index in [4.69, 9.17) is 10.5 Å². The summed E-state index contributed by atoms with van der Waals surface area (Å²) in [6.45, 7) is 9.74. The molecule has 10 rings (SSSR count). The summed E-state index contributed by atoms with van der Waals surface area (Å²) in [4.78, 5) is 139. The number of hydrogen-bond donors (Lipinski definition) is 8. The number of amides is 6. The number of β-amino-alcohol motifs (C(OH)–C–C–N with tert-alkyl or cyclic N) is 1. The van der Waals surface area contributed by atoms with Crippen LogP contribution in [0.4, 0.5) is 5.69 Å². The van der Waals surface area contributed by atoms with Gasteiger partial charge < -0.3 is 51.2 Å². The van der Waals surface area contributed by atoms with Crippen LogP contribution in [0.1, 0.15) is 139 Å². The van der Waals surface area contributed by atoms with Gasteiger partial charge in [-0.1, -0.05) is 87.5 Å². The minimum Gasteiger partial charge on any atom is -0.391 e. The molecule has 7 atom stereocenters. The average Bonchev–Trinajstić information content (AvgIpc) is 1.81. The molecule has 6 amide bonds. The molecular weight excluding hydrogens is 1160 g/mol. The van der Waals surface area contributed by atoms with Crippen molar-refractivity contribution in [3.05, 3.63) is 141 Å². The number of likely N-dealkylation sites (tertiary alicyclic amines) is 1. The summed E-state index contributed by atoms with van der Waals surface area (Å²) in [5.74, 6) is -3.36. The van der Waals surface area contributed by atoms with Crippen molar-refractivity contribution in [3.8, 4) is 10.4 Å². The highest BCUT2D eigenvalue weighted by atomic mass is 32.1. The lowest BCUT2D eigenvalue weighted by molar-refractivity contribution is -0.144. The first-order valence-electron chi connectivity index (χ1n) is 29.8. The fourth-order valence-electron chi connectivity index (χ4n) is 12.7. The molecule has 23 heteroatoms. The molecule has 88 heavy (non-hydrogen) atoms. The van der Waals surface area contributed by atoms with Crippen molar-refractivity contribution in [1.82, 2.24) is 30.8 Å². The molecule has 1 unspecified atom stereocenters. The first-order valence-corrected chi connectivity index (χ1v) is 32.3. The minimum absolute atomic E-state index is 0.0228. The quantitative estimate of drug-likeness (QED) is 0.0235. The second kappa shape index (κ2) is 26.2. The fraction of sp³-hybridized carbons (Fsp3) is 0.431. The van der Waals surface area contributed by atoms with Gasteiger partial charge in [-0.3, -0.25) is 47.8 Å². The standard InChI is InChI=1S/C65H75N8O13PS/c1-35-58(88-34-68-35)42-15-9-37(10-16-42)31-67-60(78)52-30-48(74)32-72(52)63(81)59(65(3,4)5)71-56(77)25-39-23-46(24-39)40-13-11-38(12-14-40)33-86-36(2)49(21-22-55(66)76)70-61(79)53-28-43-8-6-7-41-17-18-44(62(80)73(53)57(41)43)29-54(75)51-27-47-26-45(19-20-50(47)69-51)64(82)87(83,84)85/h6-16,19-20,26-27,34,36,39,44,46,48-49,52-53,59,69,74H,17-18,21-25,28-33H2,1-5H3,(H2,66,76)(H,67,78)(H,70,79)(H,71,77)(H2,83,84,85)/t36-,39?,44-,46?,48-,49+,52?,53+,59-/m1/s1. The number of carbonyl (C=O) groups is 8. The lowest BCUT2D eigenvalue weighted by Gasteiger charge is -2.38. The Hall–Kier alpha value is -7.72. The van der Waals surface area contributed by atoms with Gasteiger partial charge in [-0.2, -0.15) is 0 Å². The Labute approximate surface area is 513 Å². The van der Waals surface area contributed by atoms with Gasteiger partial charge in [0.05, 0.1) is 52.3 Å². The maximum atomic E-state index is 14.7. The van der Waals surface area contributed by atoms with Crippen LogP contribution in [-0.2, 0) is 64.1 Å². The van der Waals surface area contributed by atoms with E-state index in [9.17, 15) is 57.8 Å². The Bertz CT molecular complexity index is 3720. The summed E-state index contributed by atoms with van der Waals surface area (Å²) in [5, 5.41) is 20.1. The van der Waals surface area contributed by atoms with Gasteiger partial charge in [-0.15, -0.1) is 11.3 Å². The molecular formula is C65H75N8O13PS. The van der Waals surface area contributed by atoms with Gasteiger partial charge in [0.15, 0.2) is 5.78 Å². The molecule has 6 aromatic rings. The van der Waals surface area contributed by atoms with Crippen LogP contribution in [0.3, 0.4) is 0 Å². The number of hydrogen-bond acceptors (Lipinski definition) is 13. The number of para-hydroxylation sites is 1. The molecule has 464 valence electrons. The molecule has 2 aromatic heterocycles. The number of nitrogens with two attached hydrogens (primary N) is 1. The molecule has 21 nitrogen and oxygen atoms in total. The molecule has 4 aliphatic rings. The number of benzene rings is 4. The normalized spacial score (nSPS) is 21.0. The Morgan fingerprint density at radius 1 is 0.886 bits per heavy atom. The van der Waals surface area contributed by atoms with Crippen LogP contribution >= 0.6 is 18.9 Å². The topological polar surface area (TPSA) is 321 Å². The predicted molar refractivity (Wildman–Crippen MR) is 330 cm³/mol. The van der Waals surface area contributed by atoms with Crippen LogP contribution in [0.25, 0.3) is 21.3 Å². The van der Waals surface area contributed by atoms with Crippen LogP contribution < -0.4 is 26.6 Å². The average molecular weight is 1240 g/mol. The van der Waals surface area contributed by atoms with Crippen LogP contribution in [0.15, 0.2) is 96.5 Å². The van der Waals surface area contributed by atoms with Crippen molar-refractivity contribution in [2.24, 2.45) is 23.0 Å². The number of carbonyl (C=O) groups excluding carboxylic acids is 8. The SMILES string of the molecule is Cc1ncsc1-c1ccc(CNC(=O)C2C[C@@H](O)CN2C(=O)[C@@H](NC(=O)CC2CC(c3ccc(CO[C@H](C)[C@H](CCC(N)=O)NC(=O)[C@@H]4Cc5cccc6c5N4C(=O)[C@@H](CC(=O)c4cc5cc(C(=O)P(=O)(O)O)ccc5[nH]4)CC6)cc3)C2)C(C)(C)C)cc1. The van der Waals surface area contributed by atoms with Crippen LogP contribution in [0.5, 0.6) is 0 Å². The zero-order valence-electron chi connectivity index (χ0n) is 49.8. The zero-order chi connectivity index (χ0) is 62.9. The number of ether oxygens (including phenoxy) is 1. The van der Waals surface area contributed by atoms with Crippen LogP contribution in [0, 0.1) is 24.2 Å². The highest BCUT2D eigenvalue weighted by Crippen LogP contribution is 2.45. The van der Waals surface area contributed by atoms with Crippen molar-refractivity contribution in [1.29, 1.82) is 0 Å². The first kappa shape index (κ1) is 63.3. The third-order valence-corrected chi connectivity index (χ3v) is 19.4. The van der Waals surface area contributed by atoms with E-state index in [1.54, 1.807) is 23.8 Å². The smallest absolute Gasteiger partial charge is 0.391 e. The number of Topliss-reactive ketones (excluding diaryl/α,β-unsaturated/α-hetero) is 1. The number of aromatic nitrogens is 2. The van der Waals surface area contributed by atoms with Crippen molar-refractivity contribution in [2.75, 3.05) is 11.4 Å². The monoisotopic (exact) mass is 1240 g/mol. The molecule has 1 aliphatic carbocycles. The third-order valence-electron chi connectivity index (χ3n) is 17.7. The van der Waals surface area contributed by atoms with E-state index in [-0.39, 0.29) is 99.0 Å². The number of ketones is 1. The van der Waals surface area contributed by atoms with E-state index in [0.717, 1.165) is 56.8 Å². The zero-order valence-corrected chi connectivity index (χ0v) is 51.5. The second-order valence-electron chi connectivity index (χ2n) is 25.1. The van der Waals surface area contributed by atoms with Crippen LogP contribution in [-0.4, -0.2) is 119 Å². The summed E-state index contributed by atoms with van der Waals surface area (Å²) in [7, 11) is -5.04. The number of nitrogens with zero attached hydrogens (tertiary/aromatic N) is 3. The number of aliphatic hydroxyl groups is 1. The number of thiazole rings is 1. The number of aryl methyl sites for hydroxylation is 2. The summed E-state index contributed by atoms with van der Waals surface area (Å²) in [6.07, 6.45) is 1.29. The molecule has 5 heterocycles. The minimum atomic E-state index is -5.04. The van der Waals surface area contributed by atoms with Gasteiger partial charge in [0.25, 0.3) is 5.52 Å². The number of aromatic amines is 1. The van der Waals surface area contributed by atoms with E-state index in [2.05, 4.69) is 25.9 Å². The van der Waals surface area contributed by atoms with Gasteiger partial charge in [0.1, 0.15) is 18.1 Å². The van der Waals surface area contributed by atoms with Gasteiger partial charge in [-0.05, 0) is 121 Å². The summed E-state index contributed by atoms with van der Waals surface area (Å²) < 4.78 is 18.0. The number of anilines is 1. The summed E-state index contributed by atoms with van der Waals surface area (Å²) in [6, 6.07) is 23.5. The second-order valence-corrected chi connectivity index (χ2v) is 27.5. The van der Waals surface area contributed by atoms with E-state index in [0.29, 0.717) is 29.4 Å². The van der Waals surface area contributed by atoms with Gasteiger partial charge in [0, 0.05) is 67.6 Å². The molecule has 1 saturated heterocycles. The Morgan fingerprint density at radius 3 is 2.28 bits per heavy atom. The first-order chi connectivity index (χ1) is 41.8. The molecule has 0 radical (unpaired) electrons. The molecule has 2 fully saturated rings. The maximum Gasteiger partial charge on any atom is 0.396 e. The molecule has 1 saturated carbocycles. The predicted octanol–water partition coefficient (Wildman–Crippen LogP) is 7.06. The maximum absolute atomic E-state index is 14.7. The van der Waals surface area contributed by atoms with Gasteiger partial charge in [0.2, 0.25) is 35.4 Å². The van der Waals surface area contributed by atoms with Crippen molar-refractivity contribution in [3.63, 3.8) is 0 Å². The van der Waals surface area contributed by atoms with E-state index in [1.165, 1.54) is 34.1 Å². The lowest BCUT2D eigenvalue weighted by atomic mass is 9.70. The lowest BCUT2D eigenvalue weighted by Crippen LogP contribution is -2.58. The number of primary amides is 1. The number of rotatable bonds is 23. The van der Waals surface area contributed by atoms with Crippen molar-refractivity contribution < 1.29 is 62.6 Å². The molecule has 9 N–H and O–H groups in total. The Morgan fingerprint density at radius 2 is 1.60 bits per heavy atom. The van der Waals surface area contributed by atoms with Crippen LogP contribution in [0.2, 0.25) is 0 Å². The van der Waals surface area contributed by atoms with Crippen molar-refractivity contribution >= 4 is 82.3 Å². The third kappa shape index (κ3) is 14.2. The number of nitrogens with one attached hydrogen (secondary N) is 4. The molecule has 3 aliphatic heterocycles. The molecule has 4 aromatic carbocycles. The van der Waals surface area contributed by atoms with Gasteiger partial charge >= 0.3 is 7.60 Å². The van der Waals surface area contributed by atoms with E-state index in [1.807, 2.05) is 94.4 Å². The highest BCUT2D eigenvalue weighted by molar-refractivity contribution is 7.70. The fourth-order valence-corrected chi connectivity index (χ4v) is 14.0. The Kier molecular flexibility index (Phi) is 18.8. The number of H-pyrrole nitrogens is 1. The number of aliphatic hydroxyl groups excluding tert-OH is 1. The largest absolute Gasteiger partial charge is 0.396 e. The van der Waals surface area contributed by atoms with E-state index < -0.39 is 84.3 Å². The van der Waals surface area contributed by atoms with Crippen molar-refractivity contribution in [2.45, 2.75) is 154 Å². The molecule has 0 spiro atoms. The Balaban J connectivity index is 0.708. The summed E-state index contributed by atoms with van der Waals surface area (Å²) in [5.41, 5.74) is 12.9. The van der Waals surface area contributed by atoms with Gasteiger partial charge in [-0.25, -0.2) is 4.98 Å². The summed E-state index contributed by atoms with van der Waals surface area (Å²) >= 11 is 1.56. The van der Waals surface area contributed by atoms with E-state index >= 15 is 0 Å². The highest BCUT2D eigenvalue weighted by Gasteiger charge is 2.47.